The van der Waals surface area contributed by atoms with Crippen LogP contribution in [0.5, 0.6) is 0 Å². The summed E-state index contributed by atoms with van der Waals surface area (Å²) in [5, 5.41) is 18.7. The Kier molecular flexibility index (Phi) is 6.22. The molecule has 0 spiro atoms. The van der Waals surface area contributed by atoms with Crippen LogP contribution < -0.4 is 0 Å². The van der Waals surface area contributed by atoms with Gasteiger partial charge in [-0.2, -0.15) is 0 Å². The molecule has 0 amide bonds. The van der Waals surface area contributed by atoms with Crippen LogP contribution >= 0.6 is 0 Å². The van der Waals surface area contributed by atoms with Crippen molar-refractivity contribution in [2.24, 2.45) is 5.92 Å². The van der Waals surface area contributed by atoms with Crippen LogP contribution in [-0.2, 0) is 0 Å². The summed E-state index contributed by atoms with van der Waals surface area (Å²) in [6.45, 7) is 5.18. The molecule has 90 valence electrons. The van der Waals surface area contributed by atoms with Crippen LogP contribution in [-0.4, -0.2) is 47.5 Å². The first kappa shape index (κ1) is 12.9. The summed E-state index contributed by atoms with van der Waals surface area (Å²) >= 11 is 0. The van der Waals surface area contributed by atoms with Crippen LogP contribution in [0.2, 0.25) is 0 Å². The Morgan fingerprint density at radius 1 is 1.27 bits per heavy atom. The predicted octanol–water partition coefficient (Wildman–Crippen LogP) is 1.24. The number of aliphatic hydroxyl groups is 2. The molecular weight excluding hydrogens is 190 g/mol. The Morgan fingerprint density at radius 3 is 2.60 bits per heavy atom. The zero-order chi connectivity index (χ0) is 11.1. The van der Waals surface area contributed by atoms with Gasteiger partial charge in [-0.1, -0.05) is 19.8 Å². The molecule has 0 aliphatic heterocycles. The van der Waals surface area contributed by atoms with E-state index in [9.17, 15) is 5.11 Å². The predicted molar refractivity (Wildman–Crippen MR) is 61.8 cm³/mol. The Bertz CT molecular complexity index is 164. The van der Waals surface area contributed by atoms with Gasteiger partial charge in [0.2, 0.25) is 0 Å². The molecule has 2 unspecified atom stereocenters. The Hall–Kier alpha value is -0.120. The minimum Gasteiger partial charge on any atom is -0.395 e. The fourth-order valence-corrected chi connectivity index (χ4v) is 2.38. The van der Waals surface area contributed by atoms with E-state index in [0.717, 1.165) is 38.9 Å². The summed E-state index contributed by atoms with van der Waals surface area (Å²) in [6.07, 6.45) is 5.54. The van der Waals surface area contributed by atoms with Crippen molar-refractivity contribution in [3.05, 3.63) is 0 Å². The van der Waals surface area contributed by atoms with Crippen molar-refractivity contribution in [2.45, 2.75) is 45.1 Å². The van der Waals surface area contributed by atoms with Gasteiger partial charge in [0.25, 0.3) is 0 Å². The maximum Gasteiger partial charge on any atom is 0.0580 e. The highest BCUT2D eigenvalue weighted by molar-refractivity contribution is 4.79. The molecule has 15 heavy (non-hydrogen) atoms. The van der Waals surface area contributed by atoms with Crippen LogP contribution in [0.3, 0.4) is 0 Å². The van der Waals surface area contributed by atoms with Crippen LogP contribution in [0.1, 0.15) is 39.0 Å². The van der Waals surface area contributed by atoms with Crippen molar-refractivity contribution in [1.82, 2.24) is 4.90 Å². The second-order valence-electron chi connectivity index (χ2n) is 4.64. The molecular formula is C12H25NO2. The highest BCUT2D eigenvalue weighted by Gasteiger charge is 2.26. The van der Waals surface area contributed by atoms with Gasteiger partial charge in [0.15, 0.2) is 0 Å². The fraction of sp³-hybridized carbons (Fsp3) is 1.00. The van der Waals surface area contributed by atoms with Crippen molar-refractivity contribution in [2.75, 3.05) is 26.2 Å². The van der Waals surface area contributed by atoms with Crippen LogP contribution in [0.4, 0.5) is 0 Å². The van der Waals surface area contributed by atoms with Gasteiger partial charge in [-0.25, -0.2) is 0 Å². The lowest BCUT2D eigenvalue weighted by atomic mass is 10.1. The number of hydrogen-bond acceptors (Lipinski definition) is 3. The Balaban J connectivity index is 2.28. The lowest BCUT2D eigenvalue weighted by Gasteiger charge is -2.26. The number of aliphatic hydroxyl groups excluding tert-OH is 2. The number of rotatable bonds is 7. The third-order valence-electron chi connectivity index (χ3n) is 3.36. The number of nitrogens with zero attached hydrogens (tertiary/aromatic N) is 1. The SMILES string of the molecule is CCCCN(CCO)CC1CCCC1O. The zero-order valence-electron chi connectivity index (χ0n) is 9.86. The van der Waals surface area contributed by atoms with Gasteiger partial charge in [0.1, 0.15) is 0 Å². The third-order valence-corrected chi connectivity index (χ3v) is 3.36. The molecule has 1 fully saturated rings. The lowest BCUT2D eigenvalue weighted by Crippen LogP contribution is -2.35. The minimum absolute atomic E-state index is 0.104. The van der Waals surface area contributed by atoms with Gasteiger partial charge >= 0.3 is 0 Å². The van der Waals surface area contributed by atoms with Gasteiger partial charge in [0, 0.05) is 13.1 Å². The van der Waals surface area contributed by atoms with Gasteiger partial charge in [-0.15, -0.1) is 0 Å². The first-order valence-electron chi connectivity index (χ1n) is 6.29. The summed E-state index contributed by atoms with van der Waals surface area (Å²) in [5.41, 5.74) is 0. The van der Waals surface area contributed by atoms with E-state index in [2.05, 4.69) is 11.8 Å². The van der Waals surface area contributed by atoms with Gasteiger partial charge in [-0.3, -0.25) is 0 Å². The molecule has 0 bridgehead atoms. The molecule has 0 saturated heterocycles. The van der Waals surface area contributed by atoms with E-state index < -0.39 is 0 Å². The molecule has 0 aromatic heterocycles. The smallest absolute Gasteiger partial charge is 0.0580 e. The highest BCUT2D eigenvalue weighted by Crippen LogP contribution is 2.26. The summed E-state index contributed by atoms with van der Waals surface area (Å²) in [6, 6.07) is 0. The number of hydrogen-bond donors (Lipinski definition) is 2. The standard InChI is InChI=1S/C12H25NO2/c1-2-3-7-13(8-9-14)10-11-5-4-6-12(11)15/h11-12,14-15H,2-10H2,1H3. The van der Waals surface area contributed by atoms with Crippen LogP contribution in [0, 0.1) is 5.92 Å². The summed E-state index contributed by atoms with van der Waals surface area (Å²) in [5.74, 6) is 0.438. The average molecular weight is 215 g/mol. The molecule has 1 saturated carbocycles. The van der Waals surface area contributed by atoms with E-state index in [1.807, 2.05) is 0 Å². The summed E-state index contributed by atoms with van der Waals surface area (Å²) < 4.78 is 0. The topological polar surface area (TPSA) is 43.7 Å². The van der Waals surface area contributed by atoms with Crippen molar-refractivity contribution in [3.63, 3.8) is 0 Å². The maximum atomic E-state index is 9.74. The van der Waals surface area contributed by atoms with Gasteiger partial charge < -0.3 is 15.1 Å². The molecule has 1 aliphatic carbocycles. The van der Waals surface area contributed by atoms with Crippen molar-refractivity contribution >= 4 is 0 Å². The van der Waals surface area contributed by atoms with E-state index in [1.165, 1.54) is 12.8 Å². The molecule has 3 nitrogen and oxygen atoms in total. The lowest BCUT2D eigenvalue weighted by molar-refractivity contribution is 0.0933. The molecule has 2 atom stereocenters. The third kappa shape index (κ3) is 4.49. The van der Waals surface area contributed by atoms with Crippen molar-refractivity contribution < 1.29 is 10.2 Å². The maximum absolute atomic E-state index is 9.74. The van der Waals surface area contributed by atoms with E-state index in [1.54, 1.807) is 0 Å². The minimum atomic E-state index is -0.104. The van der Waals surface area contributed by atoms with Gasteiger partial charge in [0.05, 0.1) is 12.7 Å². The van der Waals surface area contributed by atoms with E-state index in [-0.39, 0.29) is 12.7 Å². The molecule has 0 heterocycles. The second-order valence-corrected chi connectivity index (χ2v) is 4.64. The van der Waals surface area contributed by atoms with E-state index in [0.29, 0.717) is 5.92 Å². The molecule has 3 heteroatoms. The fourth-order valence-electron chi connectivity index (χ4n) is 2.38. The zero-order valence-corrected chi connectivity index (χ0v) is 9.86. The van der Waals surface area contributed by atoms with E-state index in [4.69, 9.17) is 5.11 Å². The molecule has 0 radical (unpaired) electrons. The molecule has 0 aromatic rings. The van der Waals surface area contributed by atoms with E-state index >= 15 is 0 Å². The molecule has 1 rings (SSSR count). The normalized spacial score (nSPS) is 26.4. The molecule has 0 aromatic carbocycles. The molecule has 1 aliphatic rings. The summed E-state index contributed by atoms with van der Waals surface area (Å²) in [4.78, 5) is 2.29. The summed E-state index contributed by atoms with van der Waals surface area (Å²) in [7, 11) is 0. The highest BCUT2D eigenvalue weighted by atomic mass is 16.3. The monoisotopic (exact) mass is 215 g/mol. The Labute approximate surface area is 93.1 Å². The average Bonchev–Trinajstić information content (AvgIpc) is 2.61. The second kappa shape index (κ2) is 7.20. The Morgan fingerprint density at radius 2 is 2.07 bits per heavy atom. The van der Waals surface area contributed by atoms with Crippen LogP contribution in [0.25, 0.3) is 0 Å². The van der Waals surface area contributed by atoms with Crippen molar-refractivity contribution in [3.8, 4) is 0 Å². The van der Waals surface area contributed by atoms with Crippen molar-refractivity contribution in [1.29, 1.82) is 0 Å². The first-order chi connectivity index (χ1) is 7.27. The first-order valence-corrected chi connectivity index (χ1v) is 6.29. The number of unbranched alkanes of at least 4 members (excludes halogenated alkanes) is 1. The van der Waals surface area contributed by atoms with Gasteiger partial charge in [-0.05, 0) is 31.7 Å². The largest absolute Gasteiger partial charge is 0.395 e. The molecule has 2 N–H and O–H groups in total. The quantitative estimate of drug-likeness (QED) is 0.671. The van der Waals surface area contributed by atoms with Crippen LogP contribution in [0.15, 0.2) is 0 Å².